The first kappa shape index (κ1) is 16.1. The van der Waals surface area contributed by atoms with Gasteiger partial charge in [0, 0.05) is 14.1 Å². The van der Waals surface area contributed by atoms with Gasteiger partial charge in [0.1, 0.15) is 11.9 Å². The van der Waals surface area contributed by atoms with Gasteiger partial charge in [-0.25, -0.2) is 12.7 Å². The third kappa shape index (κ3) is 3.30. The summed E-state index contributed by atoms with van der Waals surface area (Å²) >= 11 is 6.07. The second-order valence-electron chi connectivity index (χ2n) is 5.06. The van der Waals surface area contributed by atoms with Gasteiger partial charge < -0.3 is 9.64 Å². The molecule has 1 heterocycles. The van der Waals surface area contributed by atoms with Crippen LogP contribution in [0.15, 0.2) is 18.2 Å². The van der Waals surface area contributed by atoms with E-state index in [1.165, 1.54) is 19.0 Å². The number of amides is 1. The summed E-state index contributed by atoms with van der Waals surface area (Å²) in [5.74, 6) is -0.672. The summed E-state index contributed by atoms with van der Waals surface area (Å²) in [6.07, 6.45) is -0.261. The summed E-state index contributed by atoms with van der Waals surface area (Å²) in [6.45, 7) is 2.09. The van der Waals surface area contributed by atoms with Crippen LogP contribution in [0, 0.1) is 0 Å². The molecule has 0 spiro atoms. The van der Waals surface area contributed by atoms with Crippen LogP contribution in [-0.4, -0.2) is 51.1 Å². The number of para-hydroxylation sites is 1. The number of carbonyl (C=O) groups excluding carboxylic acids is 1. The lowest BCUT2D eigenvalue weighted by molar-refractivity contribution is -0.116. The zero-order chi connectivity index (χ0) is 15.8. The number of hydrogen-bond acceptors (Lipinski definition) is 4. The highest BCUT2D eigenvalue weighted by atomic mass is 35.5. The van der Waals surface area contributed by atoms with Gasteiger partial charge in [-0.1, -0.05) is 17.7 Å². The third-order valence-electron chi connectivity index (χ3n) is 3.16. The van der Waals surface area contributed by atoms with E-state index in [1.54, 1.807) is 25.1 Å². The van der Waals surface area contributed by atoms with Crippen molar-refractivity contribution in [3.05, 3.63) is 23.2 Å². The van der Waals surface area contributed by atoms with E-state index in [9.17, 15) is 13.2 Å². The van der Waals surface area contributed by atoms with Crippen molar-refractivity contribution < 1.29 is 17.9 Å². The van der Waals surface area contributed by atoms with Crippen molar-refractivity contribution in [3.63, 3.8) is 0 Å². The zero-order valence-electron chi connectivity index (χ0n) is 12.0. The molecule has 1 aliphatic rings. The molecule has 116 valence electrons. The van der Waals surface area contributed by atoms with E-state index >= 15 is 0 Å². The molecule has 0 radical (unpaired) electrons. The molecular formula is C13H17ClN2O4S. The molecule has 0 aliphatic carbocycles. The number of sulfonamides is 1. The Kier molecular flexibility index (Phi) is 4.46. The number of anilines is 1. The number of halogens is 1. The van der Waals surface area contributed by atoms with E-state index in [-0.39, 0.29) is 12.6 Å². The van der Waals surface area contributed by atoms with Crippen molar-refractivity contribution in [3.8, 4) is 5.75 Å². The molecule has 2 rings (SSSR count). The predicted octanol–water partition coefficient (Wildman–Crippen LogP) is 1.35. The normalized spacial score (nSPS) is 18.3. The largest absolute Gasteiger partial charge is 0.485 e. The highest BCUT2D eigenvalue weighted by molar-refractivity contribution is 7.89. The number of fused-ring (bicyclic) bond motifs is 1. The Bertz CT molecular complexity index is 660. The lowest BCUT2D eigenvalue weighted by Crippen LogP contribution is -2.46. The van der Waals surface area contributed by atoms with Crippen LogP contribution in [0.4, 0.5) is 5.69 Å². The SMILES string of the molecule is C[C@@H]1CN(C(=O)CS(=O)(=O)N(C)C)c2cccc(Cl)c2O1. The van der Waals surface area contributed by atoms with Crippen molar-refractivity contribution >= 4 is 33.2 Å². The maximum absolute atomic E-state index is 12.4. The van der Waals surface area contributed by atoms with Gasteiger partial charge in [-0.05, 0) is 19.1 Å². The Morgan fingerprint density at radius 2 is 2.14 bits per heavy atom. The molecular weight excluding hydrogens is 316 g/mol. The Hall–Kier alpha value is -1.31. The van der Waals surface area contributed by atoms with Crippen LogP contribution in [0.5, 0.6) is 5.75 Å². The Morgan fingerprint density at radius 3 is 2.76 bits per heavy atom. The smallest absolute Gasteiger partial charge is 0.243 e. The second kappa shape index (κ2) is 5.82. The minimum Gasteiger partial charge on any atom is -0.485 e. The van der Waals surface area contributed by atoms with E-state index in [0.29, 0.717) is 16.5 Å². The highest BCUT2D eigenvalue weighted by Crippen LogP contribution is 2.39. The Labute approximate surface area is 129 Å². The third-order valence-corrected chi connectivity index (χ3v) is 5.18. The summed E-state index contributed by atoms with van der Waals surface area (Å²) in [6, 6.07) is 5.05. The van der Waals surface area contributed by atoms with Crippen LogP contribution < -0.4 is 9.64 Å². The average molecular weight is 333 g/mol. The molecule has 0 saturated carbocycles. The van der Waals surface area contributed by atoms with Crippen LogP contribution in [0.25, 0.3) is 0 Å². The summed E-state index contributed by atoms with van der Waals surface area (Å²) in [5.41, 5.74) is 0.500. The van der Waals surface area contributed by atoms with Crippen LogP contribution in [-0.2, 0) is 14.8 Å². The highest BCUT2D eigenvalue weighted by Gasteiger charge is 2.31. The molecule has 1 aromatic carbocycles. The van der Waals surface area contributed by atoms with Gasteiger partial charge in [0.2, 0.25) is 15.9 Å². The van der Waals surface area contributed by atoms with Crippen LogP contribution in [0.1, 0.15) is 6.92 Å². The maximum Gasteiger partial charge on any atom is 0.243 e. The molecule has 6 nitrogen and oxygen atoms in total. The van der Waals surface area contributed by atoms with Gasteiger partial charge in [0.25, 0.3) is 0 Å². The monoisotopic (exact) mass is 332 g/mol. The summed E-state index contributed by atoms with van der Waals surface area (Å²) in [7, 11) is -0.812. The van der Waals surface area contributed by atoms with Gasteiger partial charge in [-0.3, -0.25) is 4.79 Å². The fourth-order valence-corrected chi connectivity index (χ4v) is 2.96. The number of hydrogen-bond donors (Lipinski definition) is 0. The first-order valence-electron chi connectivity index (χ1n) is 6.38. The molecule has 0 fully saturated rings. The topological polar surface area (TPSA) is 66.9 Å². The molecule has 0 bridgehead atoms. The lowest BCUT2D eigenvalue weighted by atomic mass is 10.2. The molecule has 1 atom stereocenters. The first-order chi connectivity index (χ1) is 9.72. The van der Waals surface area contributed by atoms with Crippen LogP contribution in [0.3, 0.4) is 0 Å². The van der Waals surface area contributed by atoms with E-state index in [2.05, 4.69) is 0 Å². The molecule has 0 unspecified atom stereocenters. The minimum atomic E-state index is -3.61. The predicted molar refractivity (Wildman–Crippen MR) is 81.4 cm³/mol. The molecule has 0 saturated heterocycles. The standard InChI is InChI=1S/C13H17ClN2O4S/c1-9-7-16(12(17)8-21(18,19)15(2)3)11-6-4-5-10(14)13(11)20-9/h4-6,9H,7-8H2,1-3H3/t9-/m1/s1. The van der Waals surface area contributed by atoms with Gasteiger partial charge in [0.05, 0.1) is 17.3 Å². The number of carbonyl (C=O) groups is 1. The van der Waals surface area contributed by atoms with Gasteiger partial charge in [-0.2, -0.15) is 0 Å². The van der Waals surface area contributed by atoms with Crippen LogP contribution >= 0.6 is 11.6 Å². The summed E-state index contributed by atoms with van der Waals surface area (Å²) in [5, 5.41) is 0.396. The van der Waals surface area contributed by atoms with E-state index < -0.39 is 21.7 Å². The molecule has 1 aliphatic heterocycles. The lowest BCUT2D eigenvalue weighted by Gasteiger charge is -2.34. The number of rotatable bonds is 3. The Balaban J connectivity index is 2.34. The summed E-state index contributed by atoms with van der Waals surface area (Å²) in [4.78, 5) is 13.8. The fraction of sp³-hybridized carbons (Fsp3) is 0.462. The number of nitrogens with zero attached hydrogens (tertiary/aromatic N) is 2. The van der Waals surface area contributed by atoms with E-state index in [0.717, 1.165) is 4.31 Å². The van der Waals surface area contributed by atoms with Crippen molar-refractivity contribution in [2.24, 2.45) is 0 Å². The van der Waals surface area contributed by atoms with E-state index in [1.807, 2.05) is 0 Å². The van der Waals surface area contributed by atoms with Crippen LogP contribution in [0.2, 0.25) is 5.02 Å². The Morgan fingerprint density at radius 1 is 1.48 bits per heavy atom. The quantitative estimate of drug-likeness (QED) is 0.838. The molecule has 21 heavy (non-hydrogen) atoms. The maximum atomic E-state index is 12.4. The van der Waals surface area contributed by atoms with Gasteiger partial charge >= 0.3 is 0 Å². The minimum absolute atomic E-state index is 0.261. The fourth-order valence-electron chi connectivity index (χ4n) is 2.02. The van der Waals surface area contributed by atoms with Crippen molar-refractivity contribution in [1.29, 1.82) is 0 Å². The van der Waals surface area contributed by atoms with Gasteiger partial charge in [-0.15, -0.1) is 0 Å². The molecule has 8 heteroatoms. The number of benzene rings is 1. The zero-order valence-corrected chi connectivity index (χ0v) is 13.6. The molecule has 0 N–H and O–H groups in total. The van der Waals surface area contributed by atoms with E-state index in [4.69, 9.17) is 16.3 Å². The summed E-state index contributed by atoms with van der Waals surface area (Å²) < 4.78 is 30.4. The number of ether oxygens (including phenoxy) is 1. The first-order valence-corrected chi connectivity index (χ1v) is 8.37. The van der Waals surface area contributed by atoms with Gasteiger partial charge in [0.15, 0.2) is 5.75 Å². The second-order valence-corrected chi connectivity index (χ2v) is 7.65. The molecule has 0 aromatic heterocycles. The van der Waals surface area contributed by atoms with Crippen molar-refractivity contribution in [2.75, 3.05) is 31.3 Å². The van der Waals surface area contributed by atoms with Crippen molar-refractivity contribution in [1.82, 2.24) is 4.31 Å². The van der Waals surface area contributed by atoms with Crippen molar-refractivity contribution in [2.45, 2.75) is 13.0 Å². The molecule has 1 aromatic rings. The molecule has 1 amide bonds. The average Bonchev–Trinajstić information content (AvgIpc) is 2.38.